The summed E-state index contributed by atoms with van der Waals surface area (Å²) in [6, 6.07) is 1.02. The number of hydrogen-bond donors (Lipinski definition) is 0. The first-order valence-electron chi connectivity index (χ1n) is 4.77. The molecule has 0 aromatic carbocycles. The van der Waals surface area contributed by atoms with Crippen molar-refractivity contribution in [1.29, 1.82) is 0 Å². The van der Waals surface area contributed by atoms with E-state index in [2.05, 4.69) is 15.0 Å². The Morgan fingerprint density at radius 2 is 1.71 bits per heavy atom. The zero-order valence-electron chi connectivity index (χ0n) is 8.86. The van der Waals surface area contributed by atoms with Gasteiger partial charge in [0.2, 0.25) is 0 Å². The van der Waals surface area contributed by atoms with Crippen molar-refractivity contribution in [2.24, 2.45) is 0 Å². The van der Waals surface area contributed by atoms with Gasteiger partial charge in [-0.2, -0.15) is 13.2 Å². The maximum atomic E-state index is 12.8. The lowest BCUT2D eigenvalue weighted by molar-refractivity contribution is -0.137. The summed E-state index contributed by atoms with van der Waals surface area (Å²) < 4.78 is 38.5. The maximum absolute atomic E-state index is 12.8. The average molecular weight is 239 g/mol. The molecule has 2 rings (SSSR count). The second-order valence-electron chi connectivity index (χ2n) is 3.50. The molecule has 0 bridgehead atoms. The molecule has 17 heavy (non-hydrogen) atoms. The molecule has 0 spiro atoms. The van der Waals surface area contributed by atoms with Crippen LogP contribution in [0.2, 0.25) is 0 Å². The van der Waals surface area contributed by atoms with Gasteiger partial charge in [-0.1, -0.05) is 0 Å². The average Bonchev–Trinajstić information content (AvgIpc) is 2.29. The Kier molecular flexibility index (Phi) is 2.79. The van der Waals surface area contributed by atoms with Crippen molar-refractivity contribution in [1.82, 2.24) is 15.0 Å². The third-order valence-electron chi connectivity index (χ3n) is 2.22. The monoisotopic (exact) mass is 239 g/mol. The molecule has 0 atom stereocenters. The summed E-state index contributed by atoms with van der Waals surface area (Å²) in [5.41, 5.74) is -0.117. The molecule has 0 saturated heterocycles. The maximum Gasteiger partial charge on any atom is 0.417 e. The van der Waals surface area contributed by atoms with E-state index in [-0.39, 0.29) is 5.56 Å². The first-order valence-corrected chi connectivity index (χ1v) is 4.77. The van der Waals surface area contributed by atoms with E-state index in [1.807, 2.05) is 0 Å². The van der Waals surface area contributed by atoms with Crippen LogP contribution in [0.1, 0.15) is 11.3 Å². The van der Waals surface area contributed by atoms with Crippen molar-refractivity contribution in [2.75, 3.05) is 0 Å². The second kappa shape index (κ2) is 4.12. The Labute approximate surface area is 95.4 Å². The normalized spacial score (nSPS) is 11.5. The summed E-state index contributed by atoms with van der Waals surface area (Å²) in [5, 5.41) is 0. The van der Waals surface area contributed by atoms with Crippen LogP contribution in [-0.4, -0.2) is 15.0 Å². The third kappa shape index (κ3) is 2.41. The van der Waals surface area contributed by atoms with Crippen LogP contribution >= 0.6 is 0 Å². The van der Waals surface area contributed by atoms with Gasteiger partial charge in [-0.25, -0.2) is 9.97 Å². The van der Waals surface area contributed by atoms with E-state index < -0.39 is 11.7 Å². The lowest BCUT2D eigenvalue weighted by Gasteiger charge is -2.12. The molecule has 0 amide bonds. The van der Waals surface area contributed by atoms with Crippen LogP contribution < -0.4 is 0 Å². The minimum atomic E-state index is -4.42. The van der Waals surface area contributed by atoms with Gasteiger partial charge < -0.3 is 0 Å². The second-order valence-corrected chi connectivity index (χ2v) is 3.50. The van der Waals surface area contributed by atoms with Crippen LogP contribution in [0, 0.1) is 6.92 Å². The molecule has 88 valence electrons. The number of halogens is 3. The number of rotatable bonds is 1. The molecule has 0 radical (unpaired) electrons. The fourth-order valence-electron chi connectivity index (χ4n) is 1.46. The van der Waals surface area contributed by atoms with Crippen molar-refractivity contribution in [3.8, 4) is 11.1 Å². The number of pyridine rings is 1. The van der Waals surface area contributed by atoms with E-state index in [4.69, 9.17) is 0 Å². The quantitative estimate of drug-likeness (QED) is 0.768. The van der Waals surface area contributed by atoms with Crippen LogP contribution in [-0.2, 0) is 6.18 Å². The van der Waals surface area contributed by atoms with Gasteiger partial charge in [0.25, 0.3) is 0 Å². The van der Waals surface area contributed by atoms with Crippen molar-refractivity contribution < 1.29 is 13.2 Å². The number of aryl methyl sites for hydroxylation is 1. The molecule has 0 fully saturated rings. The van der Waals surface area contributed by atoms with E-state index >= 15 is 0 Å². The number of aromatic nitrogens is 3. The Hall–Kier alpha value is -1.98. The molecular weight excluding hydrogens is 231 g/mol. The largest absolute Gasteiger partial charge is 0.417 e. The zero-order valence-corrected chi connectivity index (χ0v) is 8.86. The summed E-state index contributed by atoms with van der Waals surface area (Å²) in [5.74, 6) is 0. The van der Waals surface area contributed by atoms with E-state index in [9.17, 15) is 13.2 Å². The Balaban J connectivity index is 2.63. The highest BCUT2D eigenvalue weighted by molar-refractivity contribution is 5.65. The summed E-state index contributed by atoms with van der Waals surface area (Å²) >= 11 is 0. The van der Waals surface area contributed by atoms with Gasteiger partial charge in [-0.15, -0.1) is 0 Å². The molecule has 0 aliphatic carbocycles. The van der Waals surface area contributed by atoms with Gasteiger partial charge in [0.05, 0.1) is 5.56 Å². The molecule has 2 heterocycles. The van der Waals surface area contributed by atoms with Crippen molar-refractivity contribution in [3.63, 3.8) is 0 Å². The minimum Gasteiger partial charge on any atom is -0.261 e. The van der Waals surface area contributed by atoms with Crippen LogP contribution in [0.15, 0.2) is 31.0 Å². The van der Waals surface area contributed by atoms with E-state index in [0.717, 1.165) is 6.07 Å². The van der Waals surface area contributed by atoms with E-state index in [1.165, 1.54) is 31.8 Å². The zero-order chi connectivity index (χ0) is 12.5. The van der Waals surface area contributed by atoms with Crippen LogP contribution in [0.25, 0.3) is 11.1 Å². The predicted octanol–water partition coefficient (Wildman–Crippen LogP) is 2.87. The van der Waals surface area contributed by atoms with Crippen LogP contribution in [0.4, 0.5) is 13.2 Å². The highest BCUT2D eigenvalue weighted by Gasteiger charge is 2.34. The van der Waals surface area contributed by atoms with Gasteiger partial charge in [-0.3, -0.25) is 4.98 Å². The Morgan fingerprint density at radius 1 is 1.06 bits per heavy atom. The highest BCUT2D eigenvalue weighted by Crippen LogP contribution is 2.36. The van der Waals surface area contributed by atoms with Crippen LogP contribution in [0.3, 0.4) is 0 Å². The summed E-state index contributed by atoms with van der Waals surface area (Å²) in [4.78, 5) is 11.3. The van der Waals surface area contributed by atoms with Crippen molar-refractivity contribution in [3.05, 3.63) is 42.2 Å². The smallest absolute Gasteiger partial charge is 0.261 e. The SMILES string of the molecule is Cc1cc(C(F)(F)F)c(-c2cncnc2)cn1. The Morgan fingerprint density at radius 3 is 2.29 bits per heavy atom. The fraction of sp³-hybridized carbons (Fsp3) is 0.182. The van der Waals surface area contributed by atoms with Crippen LogP contribution in [0.5, 0.6) is 0 Å². The molecule has 3 nitrogen and oxygen atoms in total. The van der Waals surface area contributed by atoms with Gasteiger partial charge in [-0.05, 0) is 13.0 Å². The third-order valence-corrected chi connectivity index (χ3v) is 2.22. The molecule has 0 aliphatic rings. The molecular formula is C11H8F3N3. The number of hydrogen-bond acceptors (Lipinski definition) is 3. The number of nitrogens with zero attached hydrogens (tertiary/aromatic N) is 3. The van der Waals surface area contributed by atoms with Crippen molar-refractivity contribution in [2.45, 2.75) is 13.1 Å². The van der Waals surface area contributed by atoms with Gasteiger partial charge in [0.15, 0.2) is 0 Å². The Bertz CT molecular complexity index is 523. The van der Waals surface area contributed by atoms with E-state index in [1.54, 1.807) is 0 Å². The van der Waals surface area contributed by atoms with Gasteiger partial charge >= 0.3 is 6.18 Å². The van der Waals surface area contributed by atoms with Gasteiger partial charge in [0, 0.05) is 35.4 Å². The first kappa shape index (κ1) is 11.5. The lowest BCUT2D eigenvalue weighted by Crippen LogP contribution is -2.08. The van der Waals surface area contributed by atoms with Gasteiger partial charge in [0.1, 0.15) is 6.33 Å². The highest BCUT2D eigenvalue weighted by atomic mass is 19.4. The minimum absolute atomic E-state index is 0.0105. The topological polar surface area (TPSA) is 38.7 Å². The van der Waals surface area contributed by atoms with Crippen molar-refractivity contribution >= 4 is 0 Å². The molecule has 2 aromatic heterocycles. The molecule has 0 unspecified atom stereocenters. The molecule has 0 aliphatic heterocycles. The van der Waals surface area contributed by atoms with E-state index in [0.29, 0.717) is 11.3 Å². The fourth-order valence-corrected chi connectivity index (χ4v) is 1.46. The standard InChI is InChI=1S/C11H8F3N3/c1-7-2-10(11(12,13)14)9(5-17-7)8-3-15-6-16-4-8/h2-6H,1H3. The number of alkyl halides is 3. The lowest BCUT2D eigenvalue weighted by atomic mass is 10.0. The predicted molar refractivity (Wildman–Crippen MR) is 55.0 cm³/mol. The molecule has 6 heteroatoms. The first-order chi connectivity index (χ1) is 7.98. The summed E-state index contributed by atoms with van der Waals surface area (Å²) in [7, 11) is 0. The molecule has 2 aromatic rings. The molecule has 0 saturated carbocycles. The molecule has 0 N–H and O–H groups in total. The summed E-state index contributed by atoms with van der Waals surface area (Å²) in [6.07, 6.45) is 0.692. The summed E-state index contributed by atoms with van der Waals surface area (Å²) in [6.45, 7) is 1.51.